The molecule has 1 N–H and O–H groups in total. The van der Waals surface area contributed by atoms with Gasteiger partial charge in [-0.25, -0.2) is 14.2 Å². The zero-order valence-corrected chi connectivity index (χ0v) is 17.6. The number of carbonyl (C=O) groups excluding carboxylic acids is 1. The van der Waals surface area contributed by atoms with Gasteiger partial charge in [0.25, 0.3) is 0 Å². The van der Waals surface area contributed by atoms with Crippen LogP contribution in [0.3, 0.4) is 0 Å². The number of esters is 1. The van der Waals surface area contributed by atoms with Gasteiger partial charge in [-0.15, -0.1) is 0 Å². The van der Waals surface area contributed by atoms with Crippen LogP contribution in [0, 0.1) is 5.82 Å². The lowest BCUT2D eigenvalue weighted by Crippen LogP contribution is -2.00. The van der Waals surface area contributed by atoms with Crippen molar-refractivity contribution in [1.82, 2.24) is 9.97 Å². The Hall–Kier alpha value is -3.90. The molecule has 0 atom stereocenters. The first-order valence-corrected chi connectivity index (χ1v) is 10.1. The number of rotatable bonds is 4. The molecular formula is C25H16ClFN2O3. The van der Waals surface area contributed by atoms with Gasteiger partial charge >= 0.3 is 5.97 Å². The number of aromatic amines is 1. The van der Waals surface area contributed by atoms with Gasteiger partial charge in [-0.3, -0.25) is 0 Å². The summed E-state index contributed by atoms with van der Waals surface area (Å²) in [5, 5.41) is 1.17. The summed E-state index contributed by atoms with van der Waals surface area (Å²) in [6, 6.07) is 19.4. The number of imidazole rings is 1. The summed E-state index contributed by atoms with van der Waals surface area (Å²) in [6.07, 6.45) is 1.66. The molecule has 0 amide bonds. The number of ether oxygens (including phenoxy) is 1. The normalized spacial score (nSPS) is 11.1. The number of fused-ring (bicyclic) bond motifs is 1. The fourth-order valence-corrected chi connectivity index (χ4v) is 3.82. The Morgan fingerprint density at radius 3 is 2.59 bits per heavy atom. The molecule has 5 rings (SSSR count). The van der Waals surface area contributed by atoms with Crippen molar-refractivity contribution < 1.29 is 18.3 Å². The van der Waals surface area contributed by atoms with Crippen LogP contribution < -0.4 is 0 Å². The number of H-pyrrole nitrogens is 1. The number of halogens is 2. The molecule has 0 fully saturated rings. The number of benzene rings is 3. The third-order valence-corrected chi connectivity index (χ3v) is 5.50. The first-order valence-electron chi connectivity index (χ1n) is 9.76. The Balaban J connectivity index is 1.47. The highest BCUT2D eigenvalue weighted by Crippen LogP contribution is 2.33. The third-order valence-electron chi connectivity index (χ3n) is 5.19. The molecule has 2 heterocycles. The van der Waals surface area contributed by atoms with E-state index in [2.05, 4.69) is 9.97 Å². The van der Waals surface area contributed by atoms with E-state index in [1.165, 1.54) is 13.2 Å². The van der Waals surface area contributed by atoms with Crippen molar-refractivity contribution in [2.24, 2.45) is 0 Å². The summed E-state index contributed by atoms with van der Waals surface area (Å²) >= 11 is 6.15. The molecule has 0 saturated heterocycles. The highest BCUT2D eigenvalue weighted by Gasteiger charge is 2.16. The smallest absolute Gasteiger partial charge is 0.337 e. The second-order valence-corrected chi connectivity index (χ2v) is 7.57. The lowest BCUT2D eigenvalue weighted by Gasteiger charge is -2.03. The van der Waals surface area contributed by atoms with E-state index in [9.17, 15) is 9.18 Å². The molecule has 0 radical (unpaired) electrons. The van der Waals surface area contributed by atoms with E-state index in [1.54, 1.807) is 30.5 Å². The molecule has 5 nitrogen and oxygen atoms in total. The van der Waals surface area contributed by atoms with E-state index in [1.807, 2.05) is 36.4 Å². The van der Waals surface area contributed by atoms with Gasteiger partial charge in [-0.2, -0.15) is 0 Å². The van der Waals surface area contributed by atoms with E-state index in [0.29, 0.717) is 28.4 Å². The maximum Gasteiger partial charge on any atom is 0.337 e. The van der Waals surface area contributed by atoms with Crippen LogP contribution in [-0.4, -0.2) is 23.0 Å². The molecule has 0 saturated carbocycles. The maximum absolute atomic E-state index is 14.2. The molecule has 2 aromatic heterocycles. The Morgan fingerprint density at radius 2 is 1.84 bits per heavy atom. The quantitative estimate of drug-likeness (QED) is 0.310. The van der Waals surface area contributed by atoms with Gasteiger partial charge in [0.15, 0.2) is 5.76 Å². The fourth-order valence-electron chi connectivity index (χ4n) is 3.57. The average Bonchev–Trinajstić information content (AvgIpc) is 3.45. The predicted octanol–water partition coefficient (Wildman–Crippen LogP) is 6.74. The summed E-state index contributed by atoms with van der Waals surface area (Å²) in [4.78, 5) is 19.1. The molecule has 0 aliphatic heterocycles. The van der Waals surface area contributed by atoms with Crippen LogP contribution >= 0.6 is 11.6 Å². The zero-order chi connectivity index (χ0) is 22.2. The van der Waals surface area contributed by atoms with Crippen molar-refractivity contribution in [2.75, 3.05) is 7.11 Å². The number of methoxy groups -OCH3 is 1. The highest BCUT2D eigenvalue weighted by atomic mass is 35.5. The van der Waals surface area contributed by atoms with Crippen molar-refractivity contribution in [3.05, 3.63) is 89.3 Å². The van der Waals surface area contributed by atoms with E-state index >= 15 is 0 Å². The van der Waals surface area contributed by atoms with Crippen LogP contribution in [0.25, 0.3) is 44.9 Å². The molecule has 3 aromatic carbocycles. The Kier molecular flexibility index (Phi) is 4.99. The summed E-state index contributed by atoms with van der Waals surface area (Å²) in [7, 11) is 1.36. The number of hydrogen-bond donors (Lipinski definition) is 1. The van der Waals surface area contributed by atoms with Crippen LogP contribution in [0.5, 0.6) is 0 Å². The summed E-state index contributed by atoms with van der Waals surface area (Å²) < 4.78 is 24.9. The topological polar surface area (TPSA) is 68.1 Å². The summed E-state index contributed by atoms with van der Waals surface area (Å²) in [5.41, 5.74) is 3.88. The van der Waals surface area contributed by atoms with Crippen molar-refractivity contribution in [3.63, 3.8) is 0 Å². The van der Waals surface area contributed by atoms with Crippen molar-refractivity contribution in [3.8, 4) is 34.0 Å². The average molecular weight is 447 g/mol. The van der Waals surface area contributed by atoms with Crippen LogP contribution in [-0.2, 0) is 4.74 Å². The van der Waals surface area contributed by atoms with Crippen molar-refractivity contribution in [2.45, 2.75) is 0 Å². The third kappa shape index (κ3) is 3.55. The predicted molar refractivity (Wildman–Crippen MR) is 121 cm³/mol. The van der Waals surface area contributed by atoms with Gasteiger partial charge in [-0.05, 0) is 53.6 Å². The second-order valence-electron chi connectivity index (χ2n) is 7.16. The molecular weight excluding hydrogens is 431 g/mol. The molecule has 5 aromatic rings. The van der Waals surface area contributed by atoms with Gasteiger partial charge in [0, 0.05) is 11.6 Å². The highest BCUT2D eigenvalue weighted by molar-refractivity contribution is 6.33. The number of nitrogens with zero attached hydrogens (tertiary/aromatic N) is 1. The Labute approximate surface area is 187 Å². The standard InChI is InChI=1S/C25H16ClFN2O3/c1-31-25(30)15-7-5-14(6-8-15)16-9-10-21-17(11-16)12-22(32-21)20-13-28-24(29-20)23-18(26)3-2-4-19(23)27/h2-13H,1H3,(H,28,29). The molecule has 7 heteroatoms. The van der Waals surface area contributed by atoms with E-state index < -0.39 is 5.82 Å². The van der Waals surface area contributed by atoms with Crippen molar-refractivity contribution >= 4 is 28.5 Å². The summed E-state index contributed by atoms with van der Waals surface area (Å²) in [6.45, 7) is 0. The fraction of sp³-hybridized carbons (Fsp3) is 0.0400. The summed E-state index contributed by atoms with van der Waals surface area (Å²) in [5.74, 6) is 0.0514. The molecule has 0 aliphatic rings. The van der Waals surface area contributed by atoms with Crippen LogP contribution in [0.1, 0.15) is 10.4 Å². The Morgan fingerprint density at radius 1 is 1.06 bits per heavy atom. The first-order chi connectivity index (χ1) is 15.5. The maximum atomic E-state index is 14.2. The molecule has 0 aliphatic carbocycles. The number of furan rings is 1. The monoisotopic (exact) mass is 446 g/mol. The molecule has 0 bridgehead atoms. The van der Waals surface area contributed by atoms with Crippen molar-refractivity contribution in [1.29, 1.82) is 0 Å². The zero-order valence-electron chi connectivity index (χ0n) is 16.9. The molecule has 0 unspecified atom stereocenters. The van der Waals surface area contributed by atoms with Gasteiger partial charge in [0.05, 0.1) is 23.3 Å². The molecule has 158 valence electrons. The van der Waals surface area contributed by atoms with Gasteiger partial charge < -0.3 is 14.1 Å². The number of aromatic nitrogens is 2. The van der Waals surface area contributed by atoms with Gasteiger partial charge in [0.1, 0.15) is 22.9 Å². The van der Waals surface area contributed by atoms with Crippen LogP contribution in [0.2, 0.25) is 5.02 Å². The first kappa shape index (κ1) is 20.0. The van der Waals surface area contributed by atoms with Gasteiger partial charge in [0.2, 0.25) is 0 Å². The lowest BCUT2D eigenvalue weighted by atomic mass is 10.0. The number of hydrogen-bond acceptors (Lipinski definition) is 4. The number of nitrogens with one attached hydrogen (secondary N) is 1. The number of carbonyl (C=O) groups is 1. The van der Waals surface area contributed by atoms with Crippen LogP contribution in [0.15, 0.2) is 77.3 Å². The van der Waals surface area contributed by atoms with Crippen LogP contribution in [0.4, 0.5) is 4.39 Å². The van der Waals surface area contributed by atoms with E-state index in [-0.39, 0.29) is 16.6 Å². The SMILES string of the molecule is COC(=O)c1ccc(-c2ccc3oc(-c4c[nH]c(-c5c(F)cccc5Cl)n4)cc3c2)cc1. The Bertz CT molecular complexity index is 1430. The minimum absolute atomic E-state index is 0.217. The van der Waals surface area contributed by atoms with E-state index in [0.717, 1.165) is 16.5 Å². The second kappa shape index (κ2) is 7.98. The lowest BCUT2D eigenvalue weighted by molar-refractivity contribution is 0.0600. The molecule has 0 spiro atoms. The largest absolute Gasteiger partial charge is 0.465 e. The van der Waals surface area contributed by atoms with Gasteiger partial charge in [-0.1, -0.05) is 35.9 Å². The minimum Gasteiger partial charge on any atom is -0.465 e. The molecule has 32 heavy (non-hydrogen) atoms. The van der Waals surface area contributed by atoms with E-state index in [4.69, 9.17) is 20.8 Å². The minimum atomic E-state index is -0.453.